The molecule has 0 aliphatic rings. The summed E-state index contributed by atoms with van der Waals surface area (Å²) in [5.74, 6) is 0.299. The topological polar surface area (TPSA) is 20.2 Å². The molecule has 0 atom stereocenters. The van der Waals surface area contributed by atoms with Crippen molar-refractivity contribution in [3.63, 3.8) is 0 Å². The molecule has 1 nitrogen and oxygen atoms in total. The molecule has 9 heavy (non-hydrogen) atoms. The molecule has 0 unspecified atom stereocenters. The second-order valence-electron chi connectivity index (χ2n) is 1.48. The van der Waals surface area contributed by atoms with E-state index >= 15 is 0 Å². The molecule has 0 aromatic heterocycles. The van der Waals surface area contributed by atoms with Gasteiger partial charge in [-0.15, -0.1) is 0 Å². The molecular weight excluding hydrogens is 207 g/mol. The van der Waals surface area contributed by atoms with E-state index in [0.29, 0.717) is 5.75 Å². The maximum absolute atomic E-state index is 8.74. The van der Waals surface area contributed by atoms with Crippen molar-refractivity contribution < 1.29 is 5.11 Å². The van der Waals surface area contributed by atoms with E-state index in [-0.39, 0.29) is 51.4 Å². The van der Waals surface area contributed by atoms with Crippen LogP contribution in [0.2, 0.25) is 0 Å². The third kappa shape index (κ3) is 3.75. The van der Waals surface area contributed by atoms with Crippen LogP contribution in [-0.2, 0) is 0 Å². The minimum atomic E-state index is 0. The molecule has 0 aliphatic heterocycles. The van der Waals surface area contributed by atoms with Gasteiger partial charge in [-0.05, 0) is 24.3 Å². The fourth-order valence-electron chi connectivity index (χ4n) is 0.441. The summed E-state index contributed by atoms with van der Waals surface area (Å²) < 4.78 is 0.982. The molecule has 0 aliphatic carbocycles. The molecule has 0 saturated carbocycles. The molecule has 0 spiro atoms. The number of aromatic hydroxyl groups is 1. The van der Waals surface area contributed by atoms with E-state index in [4.69, 9.17) is 5.11 Å². The molecule has 1 rings (SSSR count). The van der Waals surface area contributed by atoms with E-state index in [1.165, 1.54) is 0 Å². The SMILES string of the molecule is Oc1ccc(Br)cc1.[KH]. The molecule has 1 aromatic rings. The Morgan fingerprint density at radius 3 is 1.89 bits per heavy atom. The van der Waals surface area contributed by atoms with Crippen LogP contribution in [0.3, 0.4) is 0 Å². The van der Waals surface area contributed by atoms with Gasteiger partial charge < -0.3 is 5.11 Å². The predicted octanol–water partition coefficient (Wildman–Crippen LogP) is 1.51. The van der Waals surface area contributed by atoms with Crippen LogP contribution in [0.4, 0.5) is 0 Å². The Morgan fingerprint density at radius 2 is 1.56 bits per heavy atom. The summed E-state index contributed by atoms with van der Waals surface area (Å²) in [6, 6.07) is 6.83. The summed E-state index contributed by atoms with van der Waals surface area (Å²) in [4.78, 5) is 0. The number of hydrogen-bond donors (Lipinski definition) is 1. The first-order valence-corrected chi connectivity index (χ1v) is 3.03. The van der Waals surface area contributed by atoms with E-state index in [1.54, 1.807) is 24.3 Å². The summed E-state index contributed by atoms with van der Waals surface area (Å²) in [5, 5.41) is 8.74. The van der Waals surface area contributed by atoms with Gasteiger partial charge >= 0.3 is 51.4 Å². The van der Waals surface area contributed by atoms with Gasteiger partial charge in [-0.1, -0.05) is 15.9 Å². The van der Waals surface area contributed by atoms with Crippen molar-refractivity contribution in [2.45, 2.75) is 0 Å². The van der Waals surface area contributed by atoms with Crippen molar-refractivity contribution in [1.29, 1.82) is 0 Å². The molecule has 0 amide bonds. The summed E-state index contributed by atoms with van der Waals surface area (Å²) in [5.41, 5.74) is 0. The maximum atomic E-state index is 8.74. The Morgan fingerprint density at radius 1 is 1.11 bits per heavy atom. The van der Waals surface area contributed by atoms with Gasteiger partial charge in [0.1, 0.15) is 5.75 Å². The number of hydrogen-bond acceptors (Lipinski definition) is 1. The first-order chi connectivity index (χ1) is 3.79. The standard InChI is InChI=1S/C6H5BrO.K.H/c7-5-1-3-6(8)4-2-5;;/h1-4,8H;;. The second-order valence-corrected chi connectivity index (χ2v) is 2.39. The molecule has 44 valence electrons. The predicted molar refractivity (Wildman–Crippen MR) is 43.0 cm³/mol. The zero-order valence-electron chi connectivity index (χ0n) is 4.13. The van der Waals surface area contributed by atoms with Crippen molar-refractivity contribution >= 4 is 67.3 Å². The molecule has 3 heteroatoms. The second kappa shape index (κ2) is 4.88. The van der Waals surface area contributed by atoms with E-state index in [1.807, 2.05) is 0 Å². The fraction of sp³-hybridized carbons (Fsp3) is 0. The van der Waals surface area contributed by atoms with E-state index in [0.717, 1.165) is 4.47 Å². The number of rotatable bonds is 0. The van der Waals surface area contributed by atoms with E-state index < -0.39 is 0 Å². The molecule has 0 bridgehead atoms. The van der Waals surface area contributed by atoms with Gasteiger partial charge in [0.25, 0.3) is 0 Å². The van der Waals surface area contributed by atoms with Crippen molar-refractivity contribution in [1.82, 2.24) is 0 Å². The number of benzene rings is 1. The van der Waals surface area contributed by atoms with Crippen molar-refractivity contribution in [3.8, 4) is 5.75 Å². The first-order valence-electron chi connectivity index (χ1n) is 2.23. The number of halogens is 1. The van der Waals surface area contributed by atoms with Crippen LogP contribution in [-0.4, -0.2) is 56.5 Å². The number of phenolic OH excluding ortho intramolecular Hbond substituents is 1. The monoisotopic (exact) mass is 212 g/mol. The quantitative estimate of drug-likeness (QED) is 0.647. The first kappa shape index (κ1) is 10.1. The molecule has 1 aromatic carbocycles. The van der Waals surface area contributed by atoms with Gasteiger partial charge in [-0.2, -0.15) is 0 Å². The van der Waals surface area contributed by atoms with E-state index in [9.17, 15) is 0 Å². The van der Waals surface area contributed by atoms with Crippen LogP contribution in [0.1, 0.15) is 0 Å². The molecule has 0 radical (unpaired) electrons. The van der Waals surface area contributed by atoms with Crippen molar-refractivity contribution in [2.75, 3.05) is 0 Å². The Labute approximate surface area is 105 Å². The number of phenols is 1. The third-order valence-electron chi connectivity index (χ3n) is 0.827. The Balaban J connectivity index is 0.000000640. The average Bonchev–Trinajstić information content (AvgIpc) is 1.77. The Hall–Kier alpha value is 1.14. The van der Waals surface area contributed by atoms with Gasteiger partial charge in [0, 0.05) is 4.47 Å². The van der Waals surface area contributed by atoms with Crippen LogP contribution in [0.5, 0.6) is 5.75 Å². The molecule has 0 fully saturated rings. The van der Waals surface area contributed by atoms with Crippen molar-refractivity contribution in [2.24, 2.45) is 0 Å². The zero-order valence-corrected chi connectivity index (χ0v) is 5.72. The normalized spacial score (nSPS) is 8.11. The van der Waals surface area contributed by atoms with Gasteiger partial charge in [0.2, 0.25) is 0 Å². The van der Waals surface area contributed by atoms with Gasteiger partial charge in [0.15, 0.2) is 0 Å². The zero-order chi connectivity index (χ0) is 5.98. The fourth-order valence-corrected chi connectivity index (χ4v) is 0.705. The van der Waals surface area contributed by atoms with Crippen LogP contribution >= 0.6 is 15.9 Å². The minimum absolute atomic E-state index is 0. The Kier molecular flexibility index (Phi) is 5.49. The van der Waals surface area contributed by atoms with E-state index in [2.05, 4.69) is 15.9 Å². The van der Waals surface area contributed by atoms with Crippen LogP contribution in [0.25, 0.3) is 0 Å². The summed E-state index contributed by atoms with van der Waals surface area (Å²) in [7, 11) is 0. The Bertz CT molecular complexity index is 152. The molecular formula is C6H6BrKO. The summed E-state index contributed by atoms with van der Waals surface area (Å²) in [6.45, 7) is 0. The third-order valence-corrected chi connectivity index (χ3v) is 1.36. The molecule has 0 heterocycles. The summed E-state index contributed by atoms with van der Waals surface area (Å²) in [6.07, 6.45) is 0. The average molecular weight is 213 g/mol. The van der Waals surface area contributed by atoms with Crippen LogP contribution < -0.4 is 0 Å². The van der Waals surface area contributed by atoms with Gasteiger partial charge in [-0.25, -0.2) is 0 Å². The van der Waals surface area contributed by atoms with Crippen LogP contribution in [0.15, 0.2) is 28.7 Å². The summed E-state index contributed by atoms with van der Waals surface area (Å²) >= 11 is 3.23. The van der Waals surface area contributed by atoms with Gasteiger partial charge in [0.05, 0.1) is 0 Å². The van der Waals surface area contributed by atoms with Crippen LogP contribution in [0, 0.1) is 0 Å². The molecule has 0 saturated heterocycles. The molecule has 1 N–H and O–H groups in total. The van der Waals surface area contributed by atoms with Gasteiger partial charge in [-0.3, -0.25) is 0 Å². The van der Waals surface area contributed by atoms with Crippen molar-refractivity contribution in [3.05, 3.63) is 28.7 Å².